The molecule has 2 rings (SSSR count). The predicted molar refractivity (Wildman–Crippen MR) is 46.2 cm³/mol. The van der Waals surface area contributed by atoms with Crippen molar-refractivity contribution in [1.29, 1.82) is 0 Å². The maximum Gasteiger partial charge on any atom is 0.110 e. The summed E-state index contributed by atoms with van der Waals surface area (Å²) in [6.45, 7) is 0. The lowest BCUT2D eigenvalue weighted by molar-refractivity contribution is 0.103. The first kappa shape index (κ1) is 7.73. The van der Waals surface area contributed by atoms with Crippen molar-refractivity contribution < 1.29 is 5.11 Å². The molecule has 5 N–H and O–H groups in total. The van der Waals surface area contributed by atoms with Crippen LogP contribution in [0.15, 0.2) is 24.3 Å². The molecule has 0 amide bonds. The number of hydrogen-bond donors (Lipinski definition) is 3. The van der Waals surface area contributed by atoms with Crippen molar-refractivity contribution in [2.75, 3.05) is 0 Å². The zero-order valence-electron chi connectivity index (χ0n) is 6.70. The summed E-state index contributed by atoms with van der Waals surface area (Å²) in [5.74, 6) is 0. The zero-order chi connectivity index (χ0) is 8.77. The lowest BCUT2D eigenvalue weighted by atomic mass is 10.1. The number of fused-ring (bicyclic) bond motifs is 1. The number of aliphatic hydroxyl groups excluding tert-OH is 1. The quantitative estimate of drug-likeness (QED) is 0.468. The lowest BCUT2D eigenvalue weighted by Crippen LogP contribution is -2.52. The molecule has 64 valence electrons. The number of aliphatic hydroxyl groups is 1. The van der Waals surface area contributed by atoms with Crippen LogP contribution in [0.4, 0.5) is 0 Å². The molecule has 12 heavy (non-hydrogen) atoms. The van der Waals surface area contributed by atoms with E-state index in [1.165, 1.54) is 0 Å². The molecular formula is C9H12N2O. The van der Waals surface area contributed by atoms with Gasteiger partial charge in [0, 0.05) is 6.42 Å². The van der Waals surface area contributed by atoms with Gasteiger partial charge in [-0.3, -0.25) is 0 Å². The van der Waals surface area contributed by atoms with Crippen LogP contribution in [0.1, 0.15) is 17.2 Å². The molecule has 0 bridgehead atoms. The van der Waals surface area contributed by atoms with Crippen LogP contribution in [0, 0.1) is 0 Å². The van der Waals surface area contributed by atoms with Gasteiger partial charge in [0.25, 0.3) is 0 Å². The van der Waals surface area contributed by atoms with Crippen LogP contribution in [-0.2, 0) is 6.42 Å². The zero-order valence-corrected chi connectivity index (χ0v) is 6.70. The van der Waals surface area contributed by atoms with Gasteiger partial charge in [0.2, 0.25) is 0 Å². The van der Waals surface area contributed by atoms with Crippen LogP contribution < -0.4 is 11.5 Å². The minimum atomic E-state index is -0.982. The van der Waals surface area contributed by atoms with E-state index < -0.39 is 11.8 Å². The van der Waals surface area contributed by atoms with E-state index >= 15 is 0 Å². The summed E-state index contributed by atoms with van der Waals surface area (Å²) in [4.78, 5) is 0. The number of nitrogens with two attached hydrogens (primary N) is 2. The molecule has 0 aromatic heterocycles. The van der Waals surface area contributed by atoms with Crippen molar-refractivity contribution in [3.63, 3.8) is 0 Å². The smallest absolute Gasteiger partial charge is 0.110 e. The molecule has 3 heteroatoms. The van der Waals surface area contributed by atoms with Gasteiger partial charge in [-0.25, -0.2) is 0 Å². The summed E-state index contributed by atoms with van der Waals surface area (Å²) >= 11 is 0. The molecule has 1 aromatic carbocycles. The molecule has 0 saturated carbocycles. The second kappa shape index (κ2) is 2.29. The Balaban J connectivity index is 2.49. The standard InChI is InChI=1S/C9H12N2O/c10-9(11)5-6-3-1-2-4-7(6)8(9)12/h1-4,8,12H,5,10-11H2. The van der Waals surface area contributed by atoms with Crippen molar-refractivity contribution in [1.82, 2.24) is 0 Å². The molecule has 0 radical (unpaired) electrons. The Morgan fingerprint density at radius 3 is 2.67 bits per heavy atom. The van der Waals surface area contributed by atoms with Crippen molar-refractivity contribution in [3.8, 4) is 0 Å². The third kappa shape index (κ3) is 0.948. The van der Waals surface area contributed by atoms with E-state index in [0.29, 0.717) is 6.42 Å². The normalized spacial score (nSPS) is 25.4. The van der Waals surface area contributed by atoms with E-state index in [9.17, 15) is 5.11 Å². The Labute approximate surface area is 71.0 Å². The van der Waals surface area contributed by atoms with Crippen LogP contribution >= 0.6 is 0 Å². The first-order chi connectivity index (χ1) is 5.61. The Morgan fingerprint density at radius 2 is 2.00 bits per heavy atom. The van der Waals surface area contributed by atoms with Crippen molar-refractivity contribution in [2.45, 2.75) is 18.2 Å². The van der Waals surface area contributed by atoms with E-state index in [1.807, 2.05) is 24.3 Å². The van der Waals surface area contributed by atoms with Crippen LogP contribution in [0.2, 0.25) is 0 Å². The molecule has 1 aliphatic carbocycles. The SMILES string of the molecule is NC1(N)Cc2ccccc2C1O. The van der Waals surface area contributed by atoms with Gasteiger partial charge >= 0.3 is 0 Å². The number of benzene rings is 1. The minimum absolute atomic E-state index is 0.546. The summed E-state index contributed by atoms with van der Waals surface area (Å²) in [5, 5.41) is 9.66. The summed E-state index contributed by atoms with van der Waals surface area (Å²) in [5.41, 5.74) is 12.3. The Bertz CT molecular complexity index is 309. The number of hydrogen-bond acceptors (Lipinski definition) is 3. The van der Waals surface area contributed by atoms with E-state index in [0.717, 1.165) is 11.1 Å². The topological polar surface area (TPSA) is 72.3 Å². The Hall–Kier alpha value is -0.900. The molecular weight excluding hydrogens is 152 g/mol. The summed E-state index contributed by atoms with van der Waals surface area (Å²) in [7, 11) is 0. The maximum atomic E-state index is 9.66. The van der Waals surface area contributed by atoms with Crippen LogP contribution in [-0.4, -0.2) is 10.8 Å². The molecule has 1 atom stereocenters. The summed E-state index contributed by atoms with van der Waals surface area (Å²) in [6.07, 6.45) is -0.182. The highest BCUT2D eigenvalue weighted by molar-refractivity contribution is 5.37. The van der Waals surface area contributed by atoms with Gasteiger partial charge in [-0.15, -0.1) is 0 Å². The van der Waals surface area contributed by atoms with Gasteiger partial charge in [-0.2, -0.15) is 0 Å². The van der Waals surface area contributed by atoms with Gasteiger partial charge in [0.05, 0.1) is 5.66 Å². The van der Waals surface area contributed by atoms with Gasteiger partial charge in [0.1, 0.15) is 6.10 Å². The van der Waals surface area contributed by atoms with Crippen molar-refractivity contribution in [2.24, 2.45) is 11.5 Å². The third-order valence-corrected chi connectivity index (χ3v) is 2.36. The molecule has 3 nitrogen and oxygen atoms in total. The molecule has 1 unspecified atom stereocenters. The number of rotatable bonds is 0. The van der Waals surface area contributed by atoms with Crippen LogP contribution in [0.25, 0.3) is 0 Å². The van der Waals surface area contributed by atoms with Crippen LogP contribution in [0.3, 0.4) is 0 Å². The lowest BCUT2D eigenvalue weighted by Gasteiger charge is -2.22. The molecule has 0 aliphatic heterocycles. The fourth-order valence-electron chi connectivity index (χ4n) is 1.68. The molecule has 0 heterocycles. The van der Waals surface area contributed by atoms with E-state index in [4.69, 9.17) is 11.5 Å². The molecule has 0 saturated heterocycles. The van der Waals surface area contributed by atoms with E-state index in [1.54, 1.807) is 0 Å². The fourth-order valence-corrected chi connectivity index (χ4v) is 1.68. The molecule has 0 fully saturated rings. The molecule has 1 aliphatic rings. The average Bonchev–Trinajstić information content (AvgIpc) is 2.24. The summed E-state index contributed by atoms with van der Waals surface area (Å²) < 4.78 is 0. The Kier molecular flexibility index (Phi) is 1.48. The first-order valence-electron chi connectivity index (χ1n) is 3.95. The monoisotopic (exact) mass is 164 g/mol. The van der Waals surface area contributed by atoms with E-state index in [2.05, 4.69) is 0 Å². The van der Waals surface area contributed by atoms with Crippen molar-refractivity contribution in [3.05, 3.63) is 35.4 Å². The summed E-state index contributed by atoms with van der Waals surface area (Å²) in [6, 6.07) is 7.61. The largest absolute Gasteiger partial charge is 0.385 e. The minimum Gasteiger partial charge on any atom is -0.385 e. The fraction of sp³-hybridized carbons (Fsp3) is 0.333. The van der Waals surface area contributed by atoms with E-state index in [-0.39, 0.29) is 0 Å². The van der Waals surface area contributed by atoms with Gasteiger partial charge < -0.3 is 16.6 Å². The third-order valence-electron chi connectivity index (χ3n) is 2.36. The second-order valence-corrected chi connectivity index (χ2v) is 3.39. The van der Waals surface area contributed by atoms with Gasteiger partial charge in [-0.05, 0) is 11.1 Å². The predicted octanol–water partition coefficient (Wildman–Crippen LogP) is -0.110. The average molecular weight is 164 g/mol. The second-order valence-electron chi connectivity index (χ2n) is 3.39. The molecule has 0 spiro atoms. The van der Waals surface area contributed by atoms with Gasteiger partial charge in [-0.1, -0.05) is 24.3 Å². The van der Waals surface area contributed by atoms with Crippen LogP contribution in [0.5, 0.6) is 0 Å². The highest BCUT2D eigenvalue weighted by Crippen LogP contribution is 2.33. The maximum absolute atomic E-state index is 9.66. The van der Waals surface area contributed by atoms with Crippen molar-refractivity contribution >= 4 is 0 Å². The van der Waals surface area contributed by atoms with Gasteiger partial charge in [0.15, 0.2) is 0 Å². The highest BCUT2D eigenvalue weighted by atomic mass is 16.3. The highest BCUT2D eigenvalue weighted by Gasteiger charge is 2.38. The first-order valence-corrected chi connectivity index (χ1v) is 3.95. The molecule has 1 aromatic rings. The Morgan fingerprint density at radius 1 is 1.33 bits per heavy atom.